The van der Waals surface area contributed by atoms with Gasteiger partial charge in [-0.25, -0.2) is 13.2 Å². The lowest BCUT2D eigenvalue weighted by Crippen LogP contribution is -2.63. The summed E-state index contributed by atoms with van der Waals surface area (Å²) in [6.45, 7) is 17.0. The Balaban J connectivity index is 1.85. The summed E-state index contributed by atoms with van der Waals surface area (Å²) in [5.74, 6) is -1.10. The molecule has 0 radical (unpaired) electrons. The van der Waals surface area contributed by atoms with Gasteiger partial charge in [-0.3, -0.25) is 14.4 Å². The summed E-state index contributed by atoms with van der Waals surface area (Å²) in [4.78, 5) is 56.7. The van der Waals surface area contributed by atoms with Crippen LogP contribution < -0.4 is 21.3 Å². The lowest BCUT2D eigenvalue weighted by Gasteiger charge is -2.41. The van der Waals surface area contributed by atoms with Crippen molar-refractivity contribution in [3.63, 3.8) is 0 Å². The van der Waals surface area contributed by atoms with Crippen molar-refractivity contribution < 1.29 is 27.6 Å². The Bertz CT molecular complexity index is 1320. The highest BCUT2D eigenvalue weighted by Crippen LogP contribution is 2.34. The molecule has 3 aliphatic rings. The summed E-state index contributed by atoms with van der Waals surface area (Å²) in [7, 11) is -3.54. The van der Waals surface area contributed by atoms with Crippen LogP contribution in [0.2, 0.25) is 0 Å². The Hall–Kier alpha value is -2.63. The first-order valence-corrected chi connectivity index (χ1v) is 20.2. The molecule has 1 saturated heterocycles. The molecule has 280 valence electrons. The predicted molar refractivity (Wildman–Crippen MR) is 195 cm³/mol. The molecule has 0 aromatic heterocycles. The number of unbranched alkanes of at least 4 members (excludes halogenated alkanes) is 1. The van der Waals surface area contributed by atoms with Crippen molar-refractivity contribution >= 4 is 33.6 Å². The largest absolute Gasteiger partial charge is 0.353 e. The van der Waals surface area contributed by atoms with E-state index in [9.17, 15) is 27.6 Å². The van der Waals surface area contributed by atoms with E-state index >= 15 is 0 Å². The molecule has 0 spiro atoms. The molecule has 5 amide bonds. The zero-order valence-corrected chi connectivity index (χ0v) is 32.5. The third-order valence-electron chi connectivity index (χ3n) is 10.1. The standard InChI is InChI=1S/C37H65N5O6S/c1-10-11-15-28(23-29(43)38-27-16-17-27)39-32(44)30-26(22-25(2)3)18-21-42(30)33(45)31(35(4,5)6)40-34(46)41-37(19-13-12-14-20-37)24-49(47,48)36(7,8)9/h22,26-28,30-31H,10-21,23-24H2,1-9H3,(H,38,43)(H,39,44)(H2,40,41,46)/t26?,28-,30-,31+/m0/s1. The Morgan fingerprint density at radius 3 is 2.10 bits per heavy atom. The van der Waals surface area contributed by atoms with E-state index in [1.165, 1.54) is 0 Å². The van der Waals surface area contributed by atoms with Gasteiger partial charge in [-0.15, -0.1) is 0 Å². The number of carbonyl (C=O) groups excluding carboxylic acids is 4. The third-order valence-corrected chi connectivity index (χ3v) is 12.9. The van der Waals surface area contributed by atoms with E-state index in [1.807, 2.05) is 40.7 Å². The van der Waals surface area contributed by atoms with Crippen LogP contribution >= 0.6 is 0 Å². The summed E-state index contributed by atoms with van der Waals surface area (Å²) >= 11 is 0. The number of nitrogens with zero attached hydrogens (tertiary/aromatic N) is 1. The van der Waals surface area contributed by atoms with Crippen molar-refractivity contribution in [3.05, 3.63) is 11.6 Å². The second kappa shape index (κ2) is 16.6. The number of rotatable bonds is 14. The lowest BCUT2D eigenvalue weighted by molar-refractivity contribution is -0.142. The molecule has 2 aliphatic carbocycles. The van der Waals surface area contributed by atoms with Gasteiger partial charge in [-0.2, -0.15) is 0 Å². The first-order valence-electron chi connectivity index (χ1n) is 18.5. The van der Waals surface area contributed by atoms with Crippen LogP contribution in [0.3, 0.4) is 0 Å². The topological polar surface area (TPSA) is 154 Å². The van der Waals surface area contributed by atoms with E-state index in [2.05, 4.69) is 28.2 Å². The van der Waals surface area contributed by atoms with Crippen molar-refractivity contribution in [1.82, 2.24) is 26.2 Å². The molecular weight excluding hydrogens is 643 g/mol. The van der Waals surface area contributed by atoms with Gasteiger partial charge in [0.1, 0.15) is 12.1 Å². The van der Waals surface area contributed by atoms with Gasteiger partial charge in [-0.1, -0.05) is 71.4 Å². The Morgan fingerprint density at radius 2 is 1.57 bits per heavy atom. The number of nitrogens with one attached hydrogen (secondary N) is 4. The Morgan fingerprint density at radius 1 is 0.939 bits per heavy atom. The highest BCUT2D eigenvalue weighted by atomic mass is 32.2. The van der Waals surface area contributed by atoms with Gasteiger partial charge in [0.05, 0.1) is 16.0 Å². The van der Waals surface area contributed by atoms with E-state index in [-0.39, 0.29) is 47.9 Å². The van der Waals surface area contributed by atoms with Crippen molar-refractivity contribution in [2.75, 3.05) is 12.3 Å². The van der Waals surface area contributed by atoms with Gasteiger partial charge >= 0.3 is 6.03 Å². The van der Waals surface area contributed by atoms with Crippen molar-refractivity contribution in [2.24, 2.45) is 11.3 Å². The zero-order valence-electron chi connectivity index (χ0n) is 31.7. The molecule has 1 heterocycles. The van der Waals surface area contributed by atoms with Crippen LogP contribution in [-0.2, 0) is 24.2 Å². The number of allylic oxidation sites excluding steroid dienone is 1. The maximum absolute atomic E-state index is 14.5. The fourth-order valence-corrected chi connectivity index (χ4v) is 8.56. The molecule has 3 fully saturated rings. The van der Waals surface area contributed by atoms with Crippen molar-refractivity contribution in [3.8, 4) is 0 Å². The molecule has 2 saturated carbocycles. The van der Waals surface area contributed by atoms with Crippen LogP contribution in [0.5, 0.6) is 0 Å². The quantitative estimate of drug-likeness (QED) is 0.183. The van der Waals surface area contributed by atoms with Crippen LogP contribution in [0, 0.1) is 11.3 Å². The SMILES string of the molecule is CCCC[C@@H](CC(=O)NC1CC1)NC(=O)[C@@H]1C(C=C(C)C)CCN1C(=O)[C@@H](NC(=O)NC1(CS(=O)(=O)C(C)(C)C)CCCCC1)C(C)(C)C. The first-order chi connectivity index (χ1) is 22.7. The number of carbonyl (C=O) groups is 4. The number of sulfone groups is 1. The monoisotopic (exact) mass is 707 g/mol. The zero-order chi connectivity index (χ0) is 36.8. The minimum absolute atomic E-state index is 0.0712. The first kappa shape index (κ1) is 40.8. The van der Waals surface area contributed by atoms with Gasteiger partial charge in [-0.05, 0) is 78.6 Å². The lowest BCUT2D eigenvalue weighted by atomic mass is 9.83. The molecule has 3 rings (SSSR count). The number of urea groups is 1. The molecule has 0 aromatic rings. The van der Waals surface area contributed by atoms with Crippen molar-refractivity contribution in [1.29, 1.82) is 0 Å². The van der Waals surface area contributed by atoms with Gasteiger partial charge in [0, 0.05) is 31.0 Å². The van der Waals surface area contributed by atoms with Gasteiger partial charge in [0.25, 0.3) is 0 Å². The van der Waals surface area contributed by atoms with Gasteiger partial charge in [0.15, 0.2) is 9.84 Å². The molecule has 1 unspecified atom stereocenters. The van der Waals surface area contributed by atoms with Crippen molar-refractivity contribution in [2.45, 2.75) is 174 Å². The molecule has 1 aliphatic heterocycles. The van der Waals surface area contributed by atoms with E-state index < -0.39 is 43.7 Å². The average Bonchev–Trinajstić information content (AvgIpc) is 3.68. The smallest absolute Gasteiger partial charge is 0.315 e. The van der Waals surface area contributed by atoms with E-state index in [1.54, 1.807) is 25.7 Å². The number of likely N-dealkylation sites (tertiary alicyclic amines) is 1. The molecule has 4 N–H and O–H groups in total. The molecule has 12 heteroatoms. The van der Waals surface area contributed by atoms with E-state index in [0.717, 1.165) is 50.5 Å². The number of hydrogen-bond acceptors (Lipinski definition) is 6. The molecular formula is C37H65N5O6S. The van der Waals surface area contributed by atoms with Crippen LogP contribution in [-0.4, -0.2) is 83.8 Å². The van der Waals surface area contributed by atoms with Gasteiger partial charge < -0.3 is 26.2 Å². The average molecular weight is 708 g/mol. The molecule has 0 bridgehead atoms. The number of hydrogen-bond donors (Lipinski definition) is 4. The molecule has 49 heavy (non-hydrogen) atoms. The minimum atomic E-state index is -3.54. The normalized spacial score (nSPS) is 22.4. The van der Waals surface area contributed by atoms with Crippen LogP contribution in [0.15, 0.2) is 11.6 Å². The third kappa shape index (κ3) is 11.7. The fraction of sp³-hybridized carbons (Fsp3) is 0.838. The fourth-order valence-electron chi connectivity index (χ4n) is 7.04. The van der Waals surface area contributed by atoms with Gasteiger partial charge in [0.2, 0.25) is 17.7 Å². The summed E-state index contributed by atoms with van der Waals surface area (Å²) < 4.78 is 25.7. The highest BCUT2D eigenvalue weighted by Gasteiger charge is 2.47. The maximum Gasteiger partial charge on any atom is 0.315 e. The maximum atomic E-state index is 14.5. The summed E-state index contributed by atoms with van der Waals surface area (Å²) in [6.07, 6.45) is 10.9. The second-order valence-electron chi connectivity index (χ2n) is 17.2. The minimum Gasteiger partial charge on any atom is -0.353 e. The van der Waals surface area contributed by atoms with Crippen LogP contribution in [0.1, 0.15) is 139 Å². The van der Waals surface area contributed by atoms with Crippen LogP contribution in [0.25, 0.3) is 0 Å². The predicted octanol–water partition coefficient (Wildman–Crippen LogP) is 5.14. The summed E-state index contributed by atoms with van der Waals surface area (Å²) in [5, 5.41) is 12.1. The van der Waals surface area contributed by atoms with E-state index in [0.29, 0.717) is 32.2 Å². The Kier molecular flexibility index (Phi) is 13.8. The highest BCUT2D eigenvalue weighted by molar-refractivity contribution is 7.92. The van der Waals surface area contributed by atoms with E-state index in [4.69, 9.17) is 0 Å². The molecule has 0 aromatic carbocycles. The summed E-state index contributed by atoms with van der Waals surface area (Å²) in [6, 6.07) is -2.48. The molecule has 4 atom stereocenters. The second-order valence-corrected chi connectivity index (χ2v) is 19.9. The number of amides is 5. The van der Waals surface area contributed by atoms with Crippen LogP contribution in [0.4, 0.5) is 4.79 Å². The summed E-state index contributed by atoms with van der Waals surface area (Å²) in [5.41, 5.74) is -0.605. The molecule has 11 nitrogen and oxygen atoms in total. The Labute approximate surface area is 295 Å².